The van der Waals surface area contributed by atoms with Gasteiger partial charge in [0.1, 0.15) is 6.04 Å². The molecule has 0 saturated heterocycles. The van der Waals surface area contributed by atoms with E-state index in [0.717, 1.165) is 0 Å². The monoisotopic (exact) mass is 149 g/mol. The highest BCUT2D eigenvalue weighted by Gasteiger charge is 2.18. The van der Waals surface area contributed by atoms with Crippen molar-refractivity contribution in [2.75, 3.05) is 0 Å². The Bertz CT molecular complexity index is 107. The molecule has 9 heavy (non-hydrogen) atoms. The lowest BCUT2D eigenvalue weighted by Crippen LogP contribution is -2.38. The van der Waals surface area contributed by atoms with E-state index < -0.39 is 12.0 Å². The normalized spacial score (nSPS) is 16.8. The molecular formula is C5H11NO2S. The van der Waals surface area contributed by atoms with Crippen LogP contribution >= 0.6 is 12.6 Å². The minimum absolute atomic E-state index is 0.234. The van der Waals surface area contributed by atoms with Gasteiger partial charge < -0.3 is 10.8 Å². The van der Waals surface area contributed by atoms with Gasteiger partial charge in [-0.1, -0.05) is 6.92 Å². The Morgan fingerprint density at radius 2 is 2.33 bits per heavy atom. The van der Waals surface area contributed by atoms with Crippen LogP contribution in [0.15, 0.2) is 0 Å². The molecule has 0 aliphatic carbocycles. The molecule has 4 heteroatoms. The number of rotatable bonds is 3. The van der Waals surface area contributed by atoms with Gasteiger partial charge in [-0.15, -0.1) is 0 Å². The second-order valence-corrected chi connectivity index (χ2v) is 2.50. The van der Waals surface area contributed by atoms with E-state index in [4.69, 9.17) is 10.8 Å². The molecule has 54 valence electrons. The smallest absolute Gasteiger partial charge is 0.321 e. The summed E-state index contributed by atoms with van der Waals surface area (Å²) in [5.41, 5.74) is 5.19. The van der Waals surface area contributed by atoms with Crippen LogP contribution in [0.2, 0.25) is 0 Å². The summed E-state index contributed by atoms with van der Waals surface area (Å²) >= 11 is 3.96. The van der Waals surface area contributed by atoms with E-state index in [-0.39, 0.29) is 5.25 Å². The van der Waals surface area contributed by atoms with Crippen LogP contribution in [-0.2, 0) is 4.79 Å². The van der Waals surface area contributed by atoms with Crippen molar-refractivity contribution in [3.05, 3.63) is 0 Å². The number of aliphatic carboxylic acids is 1. The molecule has 0 rings (SSSR count). The molecule has 3 N–H and O–H groups in total. The van der Waals surface area contributed by atoms with E-state index >= 15 is 0 Å². The van der Waals surface area contributed by atoms with Crippen LogP contribution in [0.3, 0.4) is 0 Å². The third-order valence-electron chi connectivity index (χ3n) is 1.12. The van der Waals surface area contributed by atoms with Crippen molar-refractivity contribution >= 4 is 18.6 Å². The second-order valence-electron chi connectivity index (χ2n) is 1.84. The Morgan fingerprint density at radius 1 is 1.89 bits per heavy atom. The van der Waals surface area contributed by atoms with Gasteiger partial charge in [-0.3, -0.25) is 4.79 Å². The Morgan fingerprint density at radius 3 is 2.44 bits per heavy atom. The molecule has 0 saturated carbocycles. The van der Waals surface area contributed by atoms with Crippen molar-refractivity contribution < 1.29 is 9.90 Å². The van der Waals surface area contributed by atoms with Crippen molar-refractivity contribution in [1.29, 1.82) is 0 Å². The highest BCUT2D eigenvalue weighted by Crippen LogP contribution is 2.03. The summed E-state index contributed by atoms with van der Waals surface area (Å²) in [4.78, 5) is 10.1. The van der Waals surface area contributed by atoms with Gasteiger partial charge in [-0.25, -0.2) is 0 Å². The van der Waals surface area contributed by atoms with Gasteiger partial charge in [-0.2, -0.15) is 12.6 Å². The van der Waals surface area contributed by atoms with Crippen LogP contribution in [-0.4, -0.2) is 22.4 Å². The minimum atomic E-state index is -0.989. The summed E-state index contributed by atoms with van der Waals surface area (Å²) in [7, 11) is 0. The van der Waals surface area contributed by atoms with Crippen LogP contribution in [0.4, 0.5) is 0 Å². The van der Waals surface area contributed by atoms with Gasteiger partial charge in [-0.05, 0) is 6.42 Å². The molecule has 0 aromatic rings. The average Bonchev–Trinajstić information content (AvgIpc) is 1.84. The largest absolute Gasteiger partial charge is 0.480 e. The molecule has 0 radical (unpaired) electrons. The molecule has 0 aliphatic rings. The van der Waals surface area contributed by atoms with Crippen molar-refractivity contribution in [3.63, 3.8) is 0 Å². The summed E-state index contributed by atoms with van der Waals surface area (Å²) in [6.07, 6.45) is 0.677. The van der Waals surface area contributed by atoms with Crippen molar-refractivity contribution in [2.24, 2.45) is 5.73 Å². The fourth-order valence-corrected chi connectivity index (χ4v) is 0.546. The number of carboxylic acid groups (broad SMARTS) is 1. The lowest BCUT2D eigenvalue weighted by molar-refractivity contribution is -0.138. The van der Waals surface area contributed by atoms with Gasteiger partial charge in [0.2, 0.25) is 0 Å². The van der Waals surface area contributed by atoms with Crippen LogP contribution in [0, 0.1) is 0 Å². The molecule has 0 aromatic carbocycles. The zero-order valence-electron chi connectivity index (χ0n) is 5.24. The number of hydrogen-bond donors (Lipinski definition) is 3. The van der Waals surface area contributed by atoms with E-state index in [1.165, 1.54) is 0 Å². The first-order chi connectivity index (χ1) is 4.09. The second kappa shape index (κ2) is 3.74. The predicted molar refractivity (Wildman–Crippen MR) is 38.7 cm³/mol. The van der Waals surface area contributed by atoms with E-state index in [9.17, 15) is 4.79 Å². The third-order valence-corrected chi connectivity index (χ3v) is 1.80. The van der Waals surface area contributed by atoms with E-state index in [1.54, 1.807) is 0 Å². The van der Waals surface area contributed by atoms with Gasteiger partial charge in [0.25, 0.3) is 0 Å². The number of carboxylic acids is 1. The Kier molecular flexibility index (Phi) is 3.65. The van der Waals surface area contributed by atoms with Crippen LogP contribution in [0.1, 0.15) is 13.3 Å². The van der Waals surface area contributed by atoms with E-state index in [2.05, 4.69) is 12.6 Å². The standard InChI is InChI=1S/C5H11NO2S/c1-2-3(9)4(6)5(7)8/h3-4,9H,2,6H2,1H3,(H,7,8)/t3?,4-/m0/s1. The lowest BCUT2D eigenvalue weighted by Gasteiger charge is -2.11. The van der Waals surface area contributed by atoms with Gasteiger partial charge >= 0.3 is 5.97 Å². The molecule has 2 atom stereocenters. The predicted octanol–water partition coefficient (Wildman–Crippen LogP) is 0.107. The number of thiol groups is 1. The zero-order chi connectivity index (χ0) is 7.44. The number of carbonyl (C=O) groups is 1. The van der Waals surface area contributed by atoms with Crippen molar-refractivity contribution in [1.82, 2.24) is 0 Å². The maximum absolute atomic E-state index is 10.1. The molecule has 0 spiro atoms. The zero-order valence-corrected chi connectivity index (χ0v) is 6.14. The molecule has 0 aromatic heterocycles. The quantitative estimate of drug-likeness (QED) is 0.499. The lowest BCUT2D eigenvalue weighted by atomic mass is 10.2. The summed E-state index contributed by atoms with van der Waals surface area (Å²) in [5, 5.41) is 8.08. The topological polar surface area (TPSA) is 63.3 Å². The van der Waals surface area contributed by atoms with Crippen molar-refractivity contribution in [2.45, 2.75) is 24.6 Å². The van der Waals surface area contributed by atoms with Gasteiger partial charge in [0.15, 0.2) is 0 Å². The van der Waals surface area contributed by atoms with Gasteiger partial charge in [0, 0.05) is 5.25 Å². The molecule has 0 amide bonds. The molecular weight excluding hydrogens is 138 g/mol. The Hall–Kier alpha value is -0.220. The molecule has 0 bridgehead atoms. The van der Waals surface area contributed by atoms with E-state index in [1.807, 2.05) is 6.92 Å². The number of nitrogens with two attached hydrogens (primary N) is 1. The Labute approximate surface area is 59.6 Å². The molecule has 0 fully saturated rings. The van der Waals surface area contributed by atoms with Crippen LogP contribution < -0.4 is 5.73 Å². The average molecular weight is 149 g/mol. The highest BCUT2D eigenvalue weighted by atomic mass is 32.1. The number of hydrogen-bond acceptors (Lipinski definition) is 3. The van der Waals surface area contributed by atoms with Crippen LogP contribution in [0.25, 0.3) is 0 Å². The molecule has 0 heterocycles. The van der Waals surface area contributed by atoms with Gasteiger partial charge in [0.05, 0.1) is 0 Å². The first-order valence-corrected chi connectivity index (χ1v) is 3.27. The Balaban J connectivity index is 3.72. The summed E-state index contributed by atoms with van der Waals surface area (Å²) < 4.78 is 0. The summed E-state index contributed by atoms with van der Waals surface area (Å²) in [5.74, 6) is -0.989. The molecule has 3 nitrogen and oxygen atoms in total. The first kappa shape index (κ1) is 8.78. The SMILES string of the molecule is CCC(S)[C@H](N)C(=O)O. The van der Waals surface area contributed by atoms with Crippen LogP contribution in [0.5, 0.6) is 0 Å². The maximum Gasteiger partial charge on any atom is 0.321 e. The summed E-state index contributed by atoms with van der Waals surface area (Å²) in [6, 6.07) is -0.835. The molecule has 1 unspecified atom stereocenters. The maximum atomic E-state index is 10.1. The first-order valence-electron chi connectivity index (χ1n) is 2.76. The highest BCUT2D eigenvalue weighted by molar-refractivity contribution is 7.81. The fraction of sp³-hybridized carbons (Fsp3) is 0.800. The van der Waals surface area contributed by atoms with E-state index in [0.29, 0.717) is 6.42 Å². The van der Waals surface area contributed by atoms with Crippen molar-refractivity contribution in [3.8, 4) is 0 Å². The fourth-order valence-electron chi connectivity index (χ4n) is 0.419. The third kappa shape index (κ3) is 2.72. The minimum Gasteiger partial charge on any atom is -0.480 e. The molecule has 0 aliphatic heterocycles. The summed E-state index contributed by atoms with van der Waals surface area (Å²) in [6.45, 7) is 1.85.